The number of nitrogens with one attached hydrogen (secondary N) is 1. The van der Waals surface area contributed by atoms with Crippen molar-refractivity contribution in [2.24, 2.45) is 0 Å². The lowest BCUT2D eigenvalue weighted by atomic mass is 10.3. The van der Waals surface area contributed by atoms with Gasteiger partial charge < -0.3 is 5.32 Å². The van der Waals surface area contributed by atoms with Crippen LogP contribution in [0.2, 0.25) is 5.02 Å². The standard InChI is InChI=1S/C15H10ClN3O2S2/c16-10-6-8-12(9-7-10)23(21)15-13(18-19-22-15)14(20)17-11-4-2-1-3-5-11/h1-9H,(H,17,20)/t23-/m1/s1. The van der Waals surface area contributed by atoms with E-state index in [-0.39, 0.29) is 5.69 Å². The molecule has 0 radical (unpaired) electrons. The van der Waals surface area contributed by atoms with Crippen molar-refractivity contribution in [2.45, 2.75) is 9.10 Å². The molecule has 1 aromatic heterocycles. The maximum absolute atomic E-state index is 12.6. The summed E-state index contributed by atoms with van der Waals surface area (Å²) in [7, 11) is -1.54. The highest BCUT2D eigenvalue weighted by Gasteiger charge is 2.22. The van der Waals surface area contributed by atoms with Crippen LogP contribution in [0.25, 0.3) is 0 Å². The maximum Gasteiger partial charge on any atom is 0.278 e. The molecule has 23 heavy (non-hydrogen) atoms. The van der Waals surface area contributed by atoms with E-state index in [1.807, 2.05) is 18.2 Å². The summed E-state index contributed by atoms with van der Waals surface area (Å²) in [5.74, 6) is -0.442. The van der Waals surface area contributed by atoms with E-state index < -0.39 is 16.7 Å². The van der Waals surface area contributed by atoms with Gasteiger partial charge in [0.25, 0.3) is 5.91 Å². The maximum atomic E-state index is 12.6. The van der Waals surface area contributed by atoms with Gasteiger partial charge >= 0.3 is 0 Å². The Morgan fingerprint density at radius 1 is 1.09 bits per heavy atom. The van der Waals surface area contributed by atoms with E-state index in [9.17, 15) is 9.00 Å². The summed E-state index contributed by atoms with van der Waals surface area (Å²) in [6.45, 7) is 0. The number of carbonyl (C=O) groups excluding carboxylic acids is 1. The number of amides is 1. The van der Waals surface area contributed by atoms with Gasteiger partial charge in [0.2, 0.25) is 0 Å². The van der Waals surface area contributed by atoms with Crippen molar-refractivity contribution < 1.29 is 9.00 Å². The van der Waals surface area contributed by atoms with E-state index >= 15 is 0 Å². The van der Waals surface area contributed by atoms with Crippen LogP contribution >= 0.6 is 23.1 Å². The molecule has 0 aliphatic carbocycles. The van der Waals surface area contributed by atoms with E-state index in [1.165, 1.54) is 0 Å². The van der Waals surface area contributed by atoms with Crippen LogP contribution in [0.15, 0.2) is 63.7 Å². The molecule has 0 saturated carbocycles. The van der Waals surface area contributed by atoms with Gasteiger partial charge in [0, 0.05) is 15.6 Å². The van der Waals surface area contributed by atoms with Crippen LogP contribution in [0.4, 0.5) is 5.69 Å². The molecule has 1 atom stereocenters. The fraction of sp³-hybridized carbons (Fsp3) is 0. The molecule has 0 bridgehead atoms. The lowest BCUT2D eigenvalue weighted by Gasteiger charge is -2.04. The second-order valence-corrected chi connectivity index (χ2v) is 7.32. The molecule has 0 aliphatic heterocycles. The first-order chi connectivity index (χ1) is 11.1. The van der Waals surface area contributed by atoms with Crippen molar-refractivity contribution in [1.82, 2.24) is 9.59 Å². The number of para-hydroxylation sites is 1. The molecule has 0 aliphatic rings. The molecule has 1 heterocycles. The summed E-state index contributed by atoms with van der Waals surface area (Å²) in [6.07, 6.45) is 0. The van der Waals surface area contributed by atoms with E-state index in [4.69, 9.17) is 11.6 Å². The number of carbonyl (C=O) groups is 1. The summed E-state index contributed by atoms with van der Waals surface area (Å²) in [5.41, 5.74) is 0.695. The van der Waals surface area contributed by atoms with Crippen LogP contribution in [0.1, 0.15) is 10.5 Å². The van der Waals surface area contributed by atoms with Gasteiger partial charge in [0.1, 0.15) is 0 Å². The lowest BCUT2D eigenvalue weighted by molar-refractivity contribution is 0.101. The van der Waals surface area contributed by atoms with Crippen LogP contribution in [0.5, 0.6) is 0 Å². The predicted molar refractivity (Wildman–Crippen MR) is 90.4 cm³/mol. The van der Waals surface area contributed by atoms with Gasteiger partial charge in [0.05, 0.1) is 10.8 Å². The van der Waals surface area contributed by atoms with Gasteiger partial charge in [-0.2, -0.15) is 0 Å². The molecule has 0 unspecified atom stereocenters. The van der Waals surface area contributed by atoms with Crippen LogP contribution in [0.3, 0.4) is 0 Å². The minimum Gasteiger partial charge on any atom is -0.321 e. The van der Waals surface area contributed by atoms with Gasteiger partial charge in [-0.1, -0.05) is 34.3 Å². The molecule has 3 aromatic rings. The van der Waals surface area contributed by atoms with E-state index in [1.54, 1.807) is 36.4 Å². The Labute approximate surface area is 143 Å². The molecule has 1 amide bonds. The number of rotatable bonds is 4. The van der Waals surface area contributed by atoms with Crippen molar-refractivity contribution >= 4 is 45.5 Å². The van der Waals surface area contributed by atoms with Crippen LogP contribution in [-0.4, -0.2) is 19.7 Å². The molecule has 0 saturated heterocycles. The third-order valence-corrected chi connectivity index (χ3v) is 5.58. The summed E-state index contributed by atoms with van der Waals surface area (Å²) in [5, 5.41) is 7.07. The van der Waals surface area contributed by atoms with Crippen molar-refractivity contribution in [3.8, 4) is 0 Å². The minimum atomic E-state index is -1.54. The lowest BCUT2D eigenvalue weighted by Crippen LogP contribution is -2.14. The smallest absolute Gasteiger partial charge is 0.278 e. The Morgan fingerprint density at radius 3 is 2.48 bits per heavy atom. The number of halogens is 1. The number of nitrogens with zero attached hydrogens (tertiary/aromatic N) is 2. The topological polar surface area (TPSA) is 72.0 Å². The second-order valence-electron chi connectivity index (χ2n) is 4.45. The highest BCUT2D eigenvalue weighted by molar-refractivity contribution is 7.87. The van der Waals surface area contributed by atoms with Gasteiger partial charge in [-0.05, 0) is 47.9 Å². The monoisotopic (exact) mass is 363 g/mol. The Kier molecular flexibility index (Phi) is 4.80. The molecule has 3 rings (SSSR count). The minimum absolute atomic E-state index is 0.0622. The van der Waals surface area contributed by atoms with Crippen LogP contribution < -0.4 is 5.32 Å². The zero-order chi connectivity index (χ0) is 16.2. The first-order valence-electron chi connectivity index (χ1n) is 6.51. The van der Waals surface area contributed by atoms with Crippen LogP contribution in [0, 0.1) is 0 Å². The van der Waals surface area contributed by atoms with Crippen molar-refractivity contribution in [2.75, 3.05) is 5.32 Å². The molecular weight excluding hydrogens is 354 g/mol. The zero-order valence-corrected chi connectivity index (χ0v) is 14.0. The number of anilines is 1. The summed E-state index contributed by atoms with van der Waals surface area (Å²) in [6, 6.07) is 15.6. The van der Waals surface area contributed by atoms with Crippen molar-refractivity contribution in [1.29, 1.82) is 0 Å². The van der Waals surface area contributed by atoms with Crippen molar-refractivity contribution in [3.63, 3.8) is 0 Å². The second kappa shape index (κ2) is 6.99. The Hall–Kier alpha value is -2.09. The van der Waals surface area contributed by atoms with E-state index in [0.29, 0.717) is 19.8 Å². The normalized spacial score (nSPS) is 11.9. The van der Waals surface area contributed by atoms with Gasteiger partial charge in [-0.3, -0.25) is 4.79 Å². The number of aromatic nitrogens is 2. The summed E-state index contributed by atoms with van der Waals surface area (Å²) in [4.78, 5) is 12.9. The van der Waals surface area contributed by atoms with Crippen LogP contribution in [-0.2, 0) is 10.8 Å². The van der Waals surface area contributed by atoms with Gasteiger partial charge in [-0.25, -0.2) is 4.21 Å². The van der Waals surface area contributed by atoms with E-state index in [0.717, 1.165) is 11.5 Å². The number of hydrogen-bond donors (Lipinski definition) is 1. The summed E-state index contributed by atoms with van der Waals surface area (Å²) >= 11 is 6.77. The fourth-order valence-electron chi connectivity index (χ4n) is 1.82. The molecule has 2 aromatic carbocycles. The van der Waals surface area contributed by atoms with Gasteiger partial charge in [0.15, 0.2) is 9.90 Å². The Balaban J connectivity index is 1.85. The first kappa shape index (κ1) is 15.8. The average Bonchev–Trinajstić information content (AvgIpc) is 3.05. The molecule has 0 spiro atoms. The van der Waals surface area contributed by atoms with Crippen molar-refractivity contribution in [3.05, 3.63) is 65.3 Å². The molecule has 8 heteroatoms. The highest BCUT2D eigenvalue weighted by atomic mass is 35.5. The third kappa shape index (κ3) is 3.64. The van der Waals surface area contributed by atoms with E-state index in [2.05, 4.69) is 14.9 Å². The predicted octanol–water partition coefficient (Wildman–Crippen LogP) is 3.61. The summed E-state index contributed by atoms with van der Waals surface area (Å²) < 4.78 is 16.7. The number of hydrogen-bond acceptors (Lipinski definition) is 5. The quantitative estimate of drug-likeness (QED) is 0.768. The molecular formula is C15H10ClN3O2S2. The Morgan fingerprint density at radius 2 is 1.78 bits per heavy atom. The SMILES string of the molecule is O=C(Nc1ccccc1)c1nnsc1[S@](=O)c1ccc(Cl)cc1. The third-order valence-electron chi connectivity index (χ3n) is 2.90. The highest BCUT2D eigenvalue weighted by Crippen LogP contribution is 2.24. The number of benzene rings is 2. The molecule has 0 fully saturated rings. The zero-order valence-electron chi connectivity index (χ0n) is 11.6. The van der Waals surface area contributed by atoms with Gasteiger partial charge in [-0.15, -0.1) is 5.10 Å². The first-order valence-corrected chi connectivity index (χ1v) is 8.81. The molecule has 116 valence electrons. The molecule has 1 N–H and O–H groups in total. The average molecular weight is 364 g/mol. The largest absolute Gasteiger partial charge is 0.321 e. The molecule has 5 nitrogen and oxygen atoms in total. The Bertz CT molecular complexity index is 851. The fourth-order valence-corrected chi connectivity index (χ4v) is 3.93.